The van der Waals surface area contributed by atoms with Gasteiger partial charge < -0.3 is 24.8 Å². The van der Waals surface area contributed by atoms with E-state index < -0.39 is 36.5 Å². The number of ketones is 1. The summed E-state index contributed by atoms with van der Waals surface area (Å²) in [5.41, 5.74) is 1.96. The number of ether oxygens (including phenoxy) is 3. The van der Waals surface area contributed by atoms with Crippen LogP contribution in [0.1, 0.15) is 22.8 Å². The molecule has 2 aromatic rings. The number of urea groups is 1. The number of anilines is 2. The molecule has 2 heterocycles. The largest absolute Gasteiger partial charge is 0.441 e. The molecule has 0 aromatic heterocycles. The summed E-state index contributed by atoms with van der Waals surface area (Å²) in [4.78, 5) is 36.0. The van der Waals surface area contributed by atoms with Gasteiger partial charge in [0.1, 0.15) is 12.2 Å². The van der Waals surface area contributed by atoms with Crippen molar-refractivity contribution in [1.82, 2.24) is 5.32 Å². The van der Waals surface area contributed by atoms with Crippen molar-refractivity contribution in [2.45, 2.75) is 31.3 Å². The smallest absolute Gasteiger partial charge is 0.412 e. The summed E-state index contributed by atoms with van der Waals surface area (Å²) < 4.78 is 16.9. The highest BCUT2D eigenvalue weighted by Gasteiger charge is 2.50. The zero-order valence-electron chi connectivity index (χ0n) is 17.7. The van der Waals surface area contributed by atoms with E-state index >= 15 is 0 Å². The Bertz CT molecular complexity index is 1100. The average Bonchev–Trinajstić information content (AvgIpc) is 3.37. The van der Waals surface area contributed by atoms with Crippen LogP contribution in [0.25, 0.3) is 0 Å². The van der Waals surface area contributed by atoms with Gasteiger partial charge in [-0.1, -0.05) is 6.07 Å². The highest BCUT2D eigenvalue weighted by atomic mass is 16.6. The summed E-state index contributed by atoms with van der Waals surface area (Å²) in [5, 5.41) is 17.0. The van der Waals surface area contributed by atoms with Gasteiger partial charge in [-0.25, -0.2) is 9.59 Å². The number of hydrogen-bond donors (Lipinski definition) is 3. The lowest BCUT2D eigenvalue weighted by Gasteiger charge is -2.18. The fourth-order valence-corrected chi connectivity index (χ4v) is 3.76. The number of nitrogens with zero attached hydrogens (tertiary/aromatic N) is 1. The van der Waals surface area contributed by atoms with Crippen molar-refractivity contribution in [3.63, 3.8) is 0 Å². The average molecular weight is 450 g/mol. The van der Waals surface area contributed by atoms with Gasteiger partial charge in [-0.3, -0.25) is 10.1 Å². The molecule has 4 rings (SSSR count). The predicted octanol–water partition coefficient (Wildman–Crippen LogP) is 2.67. The molecule has 4 atom stereocenters. The molecular formula is C23H22N4O6. The Hall–Kier alpha value is -3.94. The van der Waals surface area contributed by atoms with Crippen molar-refractivity contribution in [1.29, 1.82) is 5.26 Å². The molecule has 2 aliphatic heterocycles. The van der Waals surface area contributed by atoms with Crippen molar-refractivity contribution in [2.75, 3.05) is 23.8 Å². The molecule has 33 heavy (non-hydrogen) atoms. The third-order valence-corrected chi connectivity index (χ3v) is 5.37. The SMILES string of the molecule is CC(=O)c1ccc(NC(=O)O[C@@H]2CO[C@H]3[C@@H]2OC[C@@H]3NC(=O)Nc2cccc(C#N)c2)cc1. The predicted molar refractivity (Wildman–Crippen MR) is 117 cm³/mol. The van der Waals surface area contributed by atoms with E-state index in [1.807, 2.05) is 6.07 Å². The molecule has 0 radical (unpaired) electrons. The molecule has 2 aliphatic rings. The lowest BCUT2D eigenvalue weighted by Crippen LogP contribution is -2.46. The van der Waals surface area contributed by atoms with Crippen LogP contribution in [0.15, 0.2) is 48.5 Å². The number of Topliss-reactive ketones (excluding diaryl/α,β-unsaturated/α-hetero) is 1. The van der Waals surface area contributed by atoms with Crippen LogP contribution in [0.2, 0.25) is 0 Å². The number of rotatable bonds is 5. The number of benzene rings is 2. The number of carbonyl (C=O) groups excluding carboxylic acids is 3. The van der Waals surface area contributed by atoms with Crippen LogP contribution in [-0.2, 0) is 14.2 Å². The number of hydrogen-bond acceptors (Lipinski definition) is 7. The minimum absolute atomic E-state index is 0.0656. The summed E-state index contributed by atoms with van der Waals surface area (Å²) in [6.07, 6.45) is -2.28. The molecule has 0 bridgehead atoms. The Morgan fingerprint density at radius 1 is 1.00 bits per heavy atom. The second kappa shape index (κ2) is 9.68. The number of nitrogens with one attached hydrogen (secondary N) is 3. The van der Waals surface area contributed by atoms with Gasteiger partial charge in [0.25, 0.3) is 0 Å². The van der Waals surface area contributed by atoms with Gasteiger partial charge in [-0.05, 0) is 49.4 Å². The van der Waals surface area contributed by atoms with Crippen molar-refractivity contribution < 1.29 is 28.6 Å². The third-order valence-electron chi connectivity index (χ3n) is 5.37. The topological polar surface area (TPSA) is 139 Å². The molecule has 2 saturated heterocycles. The van der Waals surface area contributed by atoms with Gasteiger partial charge in [-0.2, -0.15) is 5.26 Å². The quantitative estimate of drug-likeness (QED) is 0.595. The Balaban J connectivity index is 1.27. The van der Waals surface area contributed by atoms with Crippen molar-refractivity contribution in [3.8, 4) is 6.07 Å². The first-order chi connectivity index (χ1) is 15.9. The van der Waals surface area contributed by atoms with E-state index in [4.69, 9.17) is 19.5 Å². The monoisotopic (exact) mass is 450 g/mol. The van der Waals surface area contributed by atoms with Gasteiger partial charge in [-0.15, -0.1) is 0 Å². The number of fused-ring (bicyclic) bond motifs is 1. The molecule has 3 N–H and O–H groups in total. The van der Waals surface area contributed by atoms with Crippen LogP contribution >= 0.6 is 0 Å². The maximum absolute atomic E-state index is 12.4. The number of carbonyl (C=O) groups is 3. The van der Waals surface area contributed by atoms with Gasteiger partial charge in [0, 0.05) is 16.9 Å². The fourth-order valence-electron chi connectivity index (χ4n) is 3.76. The van der Waals surface area contributed by atoms with Crippen molar-refractivity contribution in [2.24, 2.45) is 0 Å². The second-order valence-electron chi connectivity index (χ2n) is 7.70. The first-order valence-electron chi connectivity index (χ1n) is 10.3. The molecule has 2 fully saturated rings. The summed E-state index contributed by atoms with van der Waals surface area (Å²) in [6.45, 7) is 1.80. The normalized spacial score (nSPS) is 23.2. The highest BCUT2D eigenvalue weighted by molar-refractivity contribution is 5.95. The molecule has 3 amide bonds. The summed E-state index contributed by atoms with van der Waals surface area (Å²) in [5.74, 6) is -0.0656. The Morgan fingerprint density at radius 2 is 1.76 bits per heavy atom. The summed E-state index contributed by atoms with van der Waals surface area (Å²) in [6, 6.07) is 14.1. The second-order valence-corrected chi connectivity index (χ2v) is 7.70. The lowest BCUT2D eigenvalue weighted by atomic mass is 10.1. The maximum atomic E-state index is 12.4. The lowest BCUT2D eigenvalue weighted by molar-refractivity contribution is 0.00873. The van der Waals surface area contributed by atoms with Gasteiger partial charge in [0.2, 0.25) is 0 Å². The summed E-state index contributed by atoms with van der Waals surface area (Å²) in [7, 11) is 0. The summed E-state index contributed by atoms with van der Waals surface area (Å²) >= 11 is 0. The van der Waals surface area contributed by atoms with Gasteiger partial charge in [0.05, 0.1) is 30.9 Å². The first kappa shape index (κ1) is 22.3. The van der Waals surface area contributed by atoms with E-state index in [0.29, 0.717) is 22.5 Å². The number of amides is 3. The molecule has 0 spiro atoms. The highest BCUT2D eigenvalue weighted by Crippen LogP contribution is 2.29. The van der Waals surface area contributed by atoms with Crippen molar-refractivity contribution >= 4 is 29.3 Å². The maximum Gasteiger partial charge on any atom is 0.412 e. The van der Waals surface area contributed by atoms with Crippen LogP contribution in [0.3, 0.4) is 0 Å². The molecule has 0 aliphatic carbocycles. The molecule has 10 heteroatoms. The minimum atomic E-state index is -0.671. The van der Waals surface area contributed by atoms with E-state index in [2.05, 4.69) is 16.0 Å². The zero-order valence-corrected chi connectivity index (χ0v) is 17.7. The molecule has 0 unspecified atom stereocenters. The molecule has 170 valence electrons. The van der Waals surface area contributed by atoms with E-state index in [-0.39, 0.29) is 19.0 Å². The molecule has 10 nitrogen and oxygen atoms in total. The van der Waals surface area contributed by atoms with Crippen LogP contribution in [0.4, 0.5) is 21.0 Å². The van der Waals surface area contributed by atoms with Crippen molar-refractivity contribution in [3.05, 3.63) is 59.7 Å². The van der Waals surface area contributed by atoms with E-state index in [1.165, 1.54) is 6.92 Å². The van der Waals surface area contributed by atoms with Crippen LogP contribution in [0, 0.1) is 11.3 Å². The van der Waals surface area contributed by atoms with Crippen LogP contribution in [-0.4, -0.2) is 55.5 Å². The van der Waals surface area contributed by atoms with E-state index in [9.17, 15) is 14.4 Å². The minimum Gasteiger partial charge on any atom is -0.441 e. The zero-order chi connectivity index (χ0) is 23.4. The van der Waals surface area contributed by atoms with Gasteiger partial charge >= 0.3 is 12.1 Å². The van der Waals surface area contributed by atoms with E-state index in [0.717, 1.165) is 0 Å². The molecular weight excluding hydrogens is 428 g/mol. The Labute approximate surface area is 189 Å². The van der Waals surface area contributed by atoms with Crippen LogP contribution < -0.4 is 16.0 Å². The standard InChI is InChI=1S/C23H22N4O6/c1-13(28)15-5-7-16(8-6-15)26-23(30)33-19-12-32-20-18(11-31-21(19)20)27-22(29)25-17-4-2-3-14(9-17)10-24/h2-9,18-21H,11-12H2,1H3,(H,26,30)(H2,25,27,29)/t18-,19+,20+,21+/m0/s1. The number of nitriles is 1. The Morgan fingerprint density at radius 3 is 2.48 bits per heavy atom. The Kier molecular flexibility index (Phi) is 6.53. The fraction of sp³-hybridized carbons (Fsp3) is 0.304. The van der Waals surface area contributed by atoms with Gasteiger partial charge in [0.15, 0.2) is 11.9 Å². The van der Waals surface area contributed by atoms with Crippen LogP contribution in [0.5, 0.6) is 0 Å². The molecule has 0 saturated carbocycles. The van der Waals surface area contributed by atoms with E-state index in [1.54, 1.807) is 48.5 Å². The first-order valence-corrected chi connectivity index (χ1v) is 10.3. The third kappa shape index (κ3) is 5.28. The molecule has 2 aromatic carbocycles.